The molecule has 0 amide bonds. The quantitative estimate of drug-likeness (QED) is 0.158. The van der Waals surface area contributed by atoms with Crippen LogP contribution < -0.4 is 4.90 Å². The first-order chi connectivity index (χ1) is 28.3. The Morgan fingerprint density at radius 3 is 1.63 bits per heavy atom. The maximum Gasteiger partial charge on any atom is 0.0546 e. The second kappa shape index (κ2) is 13.8. The van der Waals surface area contributed by atoms with E-state index >= 15 is 0 Å². The zero-order valence-electron chi connectivity index (χ0n) is 31.1. The number of nitrogens with zero attached hydrogens (tertiary/aromatic N) is 2. The summed E-state index contributed by atoms with van der Waals surface area (Å²) < 4.78 is 4.98. The minimum atomic E-state index is 1.08. The maximum absolute atomic E-state index is 2.48. The number of hydrogen-bond donors (Lipinski definition) is 0. The standard InChI is InChI=1S/C54H36N2S/c1-3-17-37(18-4-1)42-23-7-8-27-48(42)54-43(38-19-5-2-6-20-38)28-16-31-51(54)55(41-33-34-47-46-26-11-14-32-52(46)57-53(47)36-41)39-21-15-22-40(35-39)56-49-29-12-9-24-44(49)45-25-10-13-30-50(45)56/h1-36H. The van der Waals surface area contributed by atoms with Crippen LogP contribution in [-0.2, 0) is 0 Å². The molecule has 268 valence electrons. The van der Waals surface area contributed by atoms with Gasteiger partial charge < -0.3 is 9.47 Å². The first-order valence-electron chi connectivity index (χ1n) is 19.4. The molecule has 0 radical (unpaired) electrons. The van der Waals surface area contributed by atoms with Crippen molar-refractivity contribution in [3.05, 3.63) is 218 Å². The highest BCUT2D eigenvalue weighted by Gasteiger charge is 2.24. The molecule has 0 aliphatic heterocycles. The number of rotatable bonds is 7. The summed E-state index contributed by atoms with van der Waals surface area (Å²) in [5.41, 5.74) is 13.9. The van der Waals surface area contributed by atoms with Crippen LogP contribution in [-0.4, -0.2) is 4.57 Å². The fourth-order valence-electron chi connectivity index (χ4n) is 8.69. The summed E-state index contributed by atoms with van der Waals surface area (Å²) in [4.78, 5) is 2.48. The van der Waals surface area contributed by atoms with E-state index in [0.29, 0.717) is 0 Å². The molecule has 0 fully saturated rings. The van der Waals surface area contributed by atoms with E-state index in [9.17, 15) is 0 Å². The van der Waals surface area contributed by atoms with Gasteiger partial charge in [-0.25, -0.2) is 0 Å². The maximum atomic E-state index is 2.48. The molecule has 0 aliphatic carbocycles. The smallest absolute Gasteiger partial charge is 0.0546 e. The fourth-order valence-corrected chi connectivity index (χ4v) is 9.83. The molecule has 57 heavy (non-hydrogen) atoms. The third kappa shape index (κ3) is 5.63. The number of thiophene rings is 1. The first kappa shape index (κ1) is 33.2. The third-order valence-electron chi connectivity index (χ3n) is 11.2. The van der Waals surface area contributed by atoms with E-state index < -0.39 is 0 Å². The van der Waals surface area contributed by atoms with Crippen LogP contribution in [0.3, 0.4) is 0 Å². The lowest BCUT2D eigenvalue weighted by molar-refractivity contribution is 1.17. The van der Waals surface area contributed by atoms with Crippen molar-refractivity contribution < 1.29 is 0 Å². The summed E-state index contributed by atoms with van der Waals surface area (Å²) in [6.07, 6.45) is 0. The Bertz CT molecular complexity index is 3190. The van der Waals surface area contributed by atoms with Crippen molar-refractivity contribution in [2.24, 2.45) is 0 Å². The molecule has 11 aromatic rings. The van der Waals surface area contributed by atoms with Crippen LogP contribution in [0.5, 0.6) is 0 Å². The SMILES string of the molecule is c1ccc(-c2ccccc2-c2c(-c3ccccc3)cccc2N(c2cccc(-n3c4ccccc4c4ccccc43)c2)c2ccc3c(c2)sc2ccccc23)cc1. The second-order valence-corrected chi connectivity index (χ2v) is 15.6. The van der Waals surface area contributed by atoms with Crippen molar-refractivity contribution in [1.29, 1.82) is 0 Å². The number of benzene rings is 9. The minimum absolute atomic E-state index is 1.08. The Labute approximate surface area is 335 Å². The molecule has 11 rings (SSSR count). The van der Waals surface area contributed by atoms with Crippen LogP contribution in [0.25, 0.3) is 81.0 Å². The Morgan fingerprint density at radius 2 is 0.895 bits per heavy atom. The molecule has 2 nitrogen and oxygen atoms in total. The normalized spacial score (nSPS) is 11.5. The lowest BCUT2D eigenvalue weighted by Gasteiger charge is -2.30. The van der Waals surface area contributed by atoms with E-state index in [0.717, 1.165) is 22.7 Å². The number of para-hydroxylation sites is 2. The molecule has 3 heteroatoms. The van der Waals surface area contributed by atoms with E-state index in [1.807, 2.05) is 11.3 Å². The summed E-state index contributed by atoms with van der Waals surface area (Å²) in [5.74, 6) is 0. The molecular formula is C54H36N2S. The molecule has 2 aromatic heterocycles. The highest BCUT2D eigenvalue weighted by Crippen LogP contribution is 2.49. The first-order valence-corrected chi connectivity index (χ1v) is 20.3. The van der Waals surface area contributed by atoms with E-state index in [4.69, 9.17) is 0 Å². The van der Waals surface area contributed by atoms with Crippen LogP contribution in [0.2, 0.25) is 0 Å². The number of aromatic nitrogens is 1. The topological polar surface area (TPSA) is 8.17 Å². The van der Waals surface area contributed by atoms with Gasteiger partial charge in [0, 0.05) is 53.6 Å². The minimum Gasteiger partial charge on any atom is -0.310 e. The van der Waals surface area contributed by atoms with Crippen molar-refractivity contribution in [3.63, 3.8) is 0 Å². The van der Waals surface area contributed by atoms with Gasteiger partial charge in [-0.2, -0.15) is 0 Å². The highest BCUT2D eigenvalue weighted by molar-refractivity contribution is 7.25. The number of fused-ring (bicyclic) bond motifs is 6. The Balaban J connectivity index is 1.21. The Morgan fingerprint density at radius 1 is 0.351 bits per heavy atom. The van der Waals surface area contributed by atoms with E-state index in [-0.39, 0.29) is 0 Å². The van der Waals surface area contributed by atoms with Gasteiger partial charge in [0.2, 0.25) is 0 Å². The highest BCUT2D eigenvalue weighted by atomic mass is 32.1. The zero-order valence-corrected chi connectivity index (χ0v) is 31.9. The van der Waals surface area contributed by atoms with Gasteiger partial charge in [-0.3, -0.25) is 0 Å². The fraction of sp³-hybridized carbons (Fsp3) is 0. The van der Waals surface area contributed by atoms with Gasteiger partial charge in [-0.15, -0.1) is 11.3 Å². The Hall–Kier alpha value is -7.20. The molecule has 0 bridgehead atoms. The summed E-state index contributed by atoms with van der Waals surface area (Å²) in [6, 6.07) is 79.5. The monoisotopic (exact) mass is 744 g/mol. The van der Waals surface area contributed by atoms with Gasteiger partial charge in [-0.05, 0) is 82.4 Å². The van der Waals surface area contributed by atoms with Gasteiger partial charge in [0.05, 0.1) is 16.7 Å². The predicted molar refractivity (Wildman–Crippen MR) is 245 cm³/mol. The summed E-state index contributed by atoms with van der Waals surface area (Å²) in [5, 5.41) is 5.08. The molecule has 9 aromatic carbocycles. The molecular weight excluding hydrogens is 709 g/mol. The average Bonchev–Trinajstić information content (AvgIpc) is 3.83. The molecule has 0 unspecified atom stereocenters. The van der Waals surface area contributed by atoms with E-state index in [2.05, 4.69) is 228 Å². The molecule has 2 heterocycles. The molecule has 0 saturated carbocycles. The third-order valence-corrected chi connectivity index (χ3v) is 12.3. The van der Waals surface area contributed by atoms with Crippen LogP contribution in [0.15, 0.2) is 218 Å². The van der Waals surface area contributed by atoms with E-state index in [1.165, 1.54) is 75.4 Å². The largest absolute Gasteiger partial charge is 0.310 e. The van der Waals surface area contributed by atoms with Crippen molar-refractivity contribution >= 4 is 70.4 Å². The van der Waals surface area contributed by atoms with Crippen molar-refractivity contribution in [3.8, 4) is 39.1 Å². The average molecular weight is 745 g/mol. The van der Waals surface area contributed by atoms with Crippen molar-refractivity contribution in [2.45, 2.75) is 0 Å². The zero-order chi connectivity index (χ0) is 37.7. The number of hydrogen-bond acceptors (Lipinski definition) is 2. The summed E-state index contributed by atoms with van der Waals surface area (Å²) in [6.45, 7) is 0. The van der Waals surface area contributed by atoms with E-state index in [1.54, 1.807) is 0 Å². The summed E-state index contributed by atoms with van der Waals surface area (Å²) >= 11 is 1.86. The van der Waals surface area contributed by atoms with Gasteiger partial charge in [0.25, 0.3) is 0 Å². The molecule has 0 aliphatic rings. The van der Waals surface area contributed by atoms with Crippen LogP contribution in [0.1, 0.15) is 0 Å². The predicted octanol–water partition coefficient (Wildman–Crippen LogP) is 15.6. The summed E-state index contributed by atoms with van der Waals surface area (Å²) in [7, 11) is 0. The van der Waals surface area contributed by atoms with Gasteiger partial charge in [0.1, 0.15) is 0 Å². The van der Waals surface area contributed by atoms with Crippen LogP contribution in [0.4, 0.5) is 17.1 Å². The second-order valence-electron chi connectivity index (χ2n) is 14.5. The Kier molecular flexibility index (Phi) is 8.04. The van der Waals surface area contributed by atoms with Gasteiger partial charge in [0.15, 0.2) is 0 Å². The lowest BCUT2D eigenvalue weighted by Crippen LogP contribution is -2.12. The number of anilines is 3. The van der Waals surface area contributed by atoms with Gasteiger partial charge >= 0.3 is 0 Å². The van der Waals surface area contributed by atoms with Crippen molar-refractivity contribution in [1.82, 2.24) is 4.57 Å². The van der Waals surface area contributed by atoms with Crippen LogP contribution >= 0.6 is 11.3 Å². The van der Waals surface area contributed by atoms with Crippen molar-refractivity contribution in [2.75, 3.05) is 4.90 Å². The molecule has 0 saturated heterocycles. The molecule has 0 atom stereocenters. The van der Waals surface area contributed by atoms with Crippen LogP contribution in [0, 0.1) is 0 Å². The molecule has 0 N–H and O–H groups in total. The lowest BCUT2D eigenvalue weighted by atomic mass is 9.87. The van der Waals surface area contributed by atoms with Gasteiger partial charge in [-0.1, -0.05) is 164 Å². The molecule has 0 spiro atoms.